The van der Waals surface area contributed by atoms with Crippen molar-refractivity contribution < 1.29 is 0 Å². The molecule has 0 amide bonds. The molecule has 0 atom stereocenters. The van der Waals surface area contributed by atoms with Crippen molar-refractivity contribution in [1.82, 2.24) is 14.8 Å². The van der Waals surface area contributed by atoms with Crippen LogP contribution in [0.2, 0.25) is 0 Å². The zero-order valence-electron chi connectivity index (χ0n) is 5.66. The van der Waals surface area contributed by atoms with E-state index in [2.05, 4.69) is 5.10 Å². The predicted molar refractivity (Wildman–Crippen MR) is 34.8 cm³/mol. The van der Waals surface area contributed by atoms with Gasteiger partial charge in [0.2, 0.25) is 5.69 Å². The SMILES string of the molecule is Cn1c(=O)[nH]nc(C#N)c1=O. The molecule has 0 fully saturated rings. The molecule has 6 nitrogen and oxygen atoms in total. The van der Waals surface area contributed by atoms with Crippen LogP contribution in [0.5, 0.6) is 0 Å². The highest BCUT2D eigenvalue weighted by Gasteiger charge is 2.02. The van der Waals surface area contributed by atoms with Crippen LogP contribution in [-0.2, 0) is 7.05 Å². The minimum absolute atomic E-state index is 0.313. The smallest absolute Gasteiger partial charge is 0.266 e. The maximum absolute atomic E-state index is 10.9. The molecule has 0 spiro atoms. The Bertz CT molecular complexity index is 421. The van der Waals surface area contributed by atoms with Crippen molar-refractivity contribution in [3.8, 4) is 6.07 Å². The van der Waals surface area contributed by atoms with Crippen molar-refractivity contribution in [3.63, 3.8) is 0 Å². The molecule has 1 aromatic rings. The Kier molecular flexibility index (Phi) is 1.56. The number of nitriles is 1. The third-order valence-electron chi connectivity index (χ3n) is 1.18. The number of nitrogens with one attached hydrogen (secondary N) is 1. The van der Waals surface area contributed by atoms with Crippen LogP contribution in [0.15, 0.2) is 9.59 Å². The molecule has 0 unspecified atom stereocenters. The van der Waals surface area contributed by atoms with Gasteiger partial charge in [-0.05, 0) is 0 Å². The second kappa shape index (κ2) is 2.38. The Morgan fingerprint density at radius 2 is 2.27 bits per heavy atom. The first kappa shape index (κ1) is 7.21. The summed E-state index contributed by atoms with van der Waals surface area (Å²) >= 11 is 0. The first-order valence-electron chi connectivity index (χ1n) is 2.72. The molecule has 0 bridgehead atoms. The number of aromatic amines is 1. The maximum atomic E-state index is 10.9. The highest BCUT2D eigenvalue weighted by Crippen LogP contribution is 1.70. The molecule has 56 valence electrons. The van der Waals surface area contributed by atoms with Gasteiger partial charge in [0.1, 0.15) is 6.07 Å². The van der Waals surface area contributed by atoms with E-state index in [0.29, 0.717) is 0 Å². The number of nitrogens with zero attached hydrogens (tertiary/aromatic N) is 3. The van der Waals surface area contributed by atoms with Crippen molar-refractivity contribution in [2.45, 2.75) is 0 Å². The van der Waals surface area contributed by atoms with Crippen molar-refractivity contribution in [2.24, 2.45) is 7.05 Å². The third-order valence-corrected chi connectivity index (χ3v) is 1.18. The summed E-state index contributed by atoms with van der Waals surface area (Å²) < 4.78 is 0.783. The molecule has 1 N–H and O–H groups in total. The van der Waals surface area contributed by atoms with E-state index < -0.39 is 11.2 Å². The fourth-order valence-electron chi connectivity index (χ4n) is 0.550. The van der Waals surface area contributed by atoms with Gasteiger partial charge >= 0.3 is 5.69 Å². The minimum Gasteiger partial charge on any atom is -0.266 e. The molecule has 0 aliphatic heterocycles. The second-order valence-electron chi connectivity index (χ2n) is 1.85. The fraction of sp³-hybridized carbons (Fsp3) is 0.200. The zero-order valence-corrected chi connectivity index (χ0v) is 5.66. The molecule has 0 saturated carbocycles. The molecule has 1 aromatic heterocycles. The van der Waals surface area contributed by atoms with Crippen molar-refractivity contribution in [2.75, 3.05) is 0 Å². The van der Waals surface area contributed by atoms with Crippen molar-refractivity contribution in [1.29, 1.82) is 5.26 Å². The Labute approximate surface area is 60.7 Å². The summed E-state index contributed by atoms with van der Waals surface area (Å²) in [6.45, 7) is 0. The molecule has 0 aromatic carbocycles. The van der Waals surface area contributed by atoms with E-state index in [9.17, 15) is 9.59 Å². The molecule has 11 heavy (non-hydrogen) atoms. The molecular weight excluding hydrogens is 148 g/mol. The van der Waals surface area contributed by atoms with Gasteiger partial charge in [-0.15, -0.1) is 0 Å². The largest absolute Gasteiger partial charge is 0.344 e. The molecule has 1 rings (SSSR count). The van der Waals surface area contributed by atoms with Crippen LogP contribution >= 0.6 is 0 Å². The fourth-order valence-corrected chi connectivity index (χ4v) is 0.550. The van der Waals surface area contributed by atoms with E-state index in [1.165, 1.54) is 7.05 Å². The Morgan fingerprint density at radius 1 is 1.64 bits per heavy atom. The zero-order chi connectivity index (χ0) is 8.43. The highest BCUT2D eigenvalue weighted by atomic mass is 16.2. The molecule has 0 aliphatic carbocycles. The molecular formula is C5H4N4O2. The topological polar surface area (TPSA) is 91.5 Å². The van der Waals surface area contributed by atoms with Crippen LogP contribution in [0.3, 0.4) is 0 Å². The van der Waals surface area contributed by atoms with Crippen LogP contribution < -0.4 is 11.2 Å². The van der Waals surface area contributed by atoms with Gasteiger partial charge < -0.3 is 0 Å². The number of aromatic nitrogens is 3. The normalized spacial score (nSPS) is 9.09. The van der Waals surface area contributed by atoms with Crippen molar-refractivity contribution in [3.05, 3.63) is 26.5 Å². The summed E-state index contributed by atoms with van der Waals surface area (Å²) in [7, 11) is 1.27. The second-order valence-corrected chi connectivity index (χ2v) is 1.85. The van der Waals surface area contributed by atoms with Crippen LogP contribution in [0, 0.1) is 11.3 Å². The molecule has 0 saturated heterocycles. The average Bonchev–Trinajstić information content (AvgIpc) is 2.01. The lowest BCUT2D eigenvalue weighted by molar-refractivity contribution is 0.719. The Balaban J connectivity index is 3.67. The maximum Gasteiger partial charge on any atom is 0.344 e. The van der Waals surface area contributed by atoms with E-state index in [-0.39, 0.29) is 5.69 Å². The number of hydrogen-bond donors (Lipinski definition) is 1. The first-order valence-corrected chi connectivity index (χ1v) is 2.72. The molecule has 0 aliphatic rings. The monoisotopic (exact) mass is 152 g/mol. The standard InChI is InChI=1S/C5H4N4O2/c1-9-4(10)3(2-6)7-8-5(9)11/h1H3,(H,8,11). The van der Waals surface area contributed by atoms with E-state index in [1.807, 2.05) is 5.10 Å². The Hall–Kier alpha value is -1.90. The Morgan fingerprint density at radius 3 is 2.82 bits per heavy atom. The van der Waals surface area contributed by atoms with Crippen LogP contribution in [-0.4, -0.2) is 14.8 Å². The summed E-state index contributed by atoms with van der Waals surface area (Å²) in [5.74, 6) is 0. The number of H-pyrrole nitrogens is 1. The summed E-state index contributed by atoms with van der Waals surface area (Å²) in [5, 5.41) is 13.5. The first-order chi connectivity index (χ1) is 5.16. The van der Waals surface area contributed by atoms with Gasteiger partial charge in [-0.1, -0.05) is 0 Å². The lowest BCUT2D eigenvalue weighted by Crippen LogP contribution is -2.35. The van der Waals surface area contributed by atoms with Gasteiger partial charge in [0.25, 0.3) is 5.56 Å². The van der Waals surface area contributed by atoms with Crippen LogP contribution in [0.25, 0.3) is 0 Å². The van der Waals surface area contributed by atoms with Gasteiger partial charge in [-0.3, -0.25) is 9.36 Å². The average molecular weight is 152 g/mol. The lowest BCUT2D eigenvalue weighted by atomic mass is 10.5. The van der Waals surface area contributed by atoms with Crippen LogP contribution in [0.4, 0.5) is 0 Å². The third kappa shape index (κ3) is 1.03. The van der Waals surface area contributed by atoms with Gasteiger partial charge in [-0.2, -0.15) is 10.4 Å². The van der Waals surface area contributed by atoms with E-state index >= 15 is 0 Å². The predicted octanol–water partition coefficient (Wildman–Crippen LogP) is -1.66. The molecule has 0 radical (unpaired) electrons. The number of rotatable bonds is 0. The minimum atomic E-state index is -0.684. The van der Waals surface area contributed by atoms with Crippen molar-refractivity contribution >= 4 is 0 Å². The van der Waals surface area contributed by atoms with Gasteiger partial charge in [0.15, 0.2) is 0 Å². The van der Waals surface area contributed by atoms with E-state index in [0.717, 1.165) is 4.57 Å². The summed E-state index contributed by atoms with van der Waals surface area (Å²) in [4.78, 5) is 21.5. The lowest BCUT2D eigenvalue weighted by Gasteiger charge is -1.91. The van der Waals surface area contributed by atoms with Gasteiger partial charge in [0, 0.05) is 7.05 Å². The van der Waals surface area contributed by atoms with Crippen LogP contribution in [0.1, 0.15) is 5.69 Å². The summed E-state index contributed by atoms with van der Waals surface area (Å²) in [6.07, 6.45) is 0. The quantitative estimate of drug-likeness (QED) is 0.481. The van der Waals surface area contributed by atoms with Gasteiger partial charge in [-0.25, -0.2) is 9.89 Å². The summed E-state index contributed by atoms with van der Waals surface area (Å²) in [5.41, 5.74) is -1.63. The van der Waals surface area contributed by atoms with Gasteiger partial charge in [0.05, 0.1) is 0 Å². The van der Waals surface area contributed by atoms with E-state index in [4.69, 9.17) is 5.26 Å². The molecule has 6 heteroatoms. The number of hydrogen-bond acceptors (Lipinski definition) is 4. The summed E-state index contributed by atoms with van der Waals surface area (Å²) in [6, 6.07) is 1.55. The molecule has 1 heterocycles. The van der Waals surface area contributed by atoms with E-state index in [1.54, 1.807) is 6.07 Å². The highest BCUT2D eigenvalue weighted by molar-refractivity contribution is 5.13.